The Morgan fingerprint density at radius 3 is 2.53 bits per heavy atom. The largest absolute Gasteiger partial charge is 0.493 e. The fraction of sp³-hybridized carbons (Fsp3) is 0.130. The first-order valence-corrected chi connectivity index (χ1v) is 9.56. The topological polar surface area (TPSA) is 103 Å². The van der Waals surface area contributed by atoms with Gasteiger partial charge in [-0.1, -0.05) is 36.4 Å². The molecule has 164 valence electrons. The third-order valence-corrected chi connectivity index (χ3v) is 4.47. The fourth-order valence-corrected chi connectivity index (χ4v) is 2.88. The van der Waals surface area contributed by atoms with Crippen LogP contribution in [0.15, 0.2) is 71.8 Å². The molecule has 32 heavy (non-hydrogen) atoms. The van der Waals surface area contributed by atoms with Gasteiger partial charge in [0.25, 0.3) is 5.69 Å². The van der Waals surface area contributed by atoms with Crippen molar-refractivity contribution in [3.8, 4) is 11.5 Å². The maximum Gasteiger partial charge on any atom is 0.273 e. The second-order valence-electron chi connectivity index (χ2n) is 6.65. The van der Waals surface area contributed by atoms with Gasteiger partial charge in [0.2, 0.25) is 5.91 Å². The van der Waals surface area contributed by atoms with Crippen LogP contribution in [0.25, 0.3) is 0 Å². The number of amides is 1. The third kappa shape index (κ3) is 5.88. The normalized spacial score (nSPS) is 10.7. The number of methoxy groups -OCH3 is 1. The van der Waals surface area contributed by atoms with Crippen LogP contribution in [-0.4, -0.2) is 24.2 Å². The van der Waals surface area contributed by atoms with Crippen molar-refractivity contribution >= 4 is 17.8 Å². The number of nitrogens with one attached hydrogen (secondary N) is 1. The minimum Gasteiger partial charge on any atom is -0.493 e. The molecule has 0 aliphatic heterocycles. The number of ether oxygens (including phenoxy) is 2. The average Bonchev–Trinajstić information content (AvgIpc) is 2.79. The number of rotatable bonds is 9. The van der Waals surface area contributed by atoms with Crippen molar-refractivity contribution < 1.29 is 23.6 Å². The molecule has 0 aromatic heterocycles. The molecule has 0 saturated carbocycles. The van der Waals surface area contributed by atoms with Crippen molar-refractivity contribution in [2.45, 2.75) is 13.0 Å². The highest BCUT2D eigenvalue weighted by molar-refractivity contribution is 5.84. The Balaban J connectivity index is 1.60. The Bertz CT molecular complexity index is 1150. The van der Waals surface area contributed by atoms with E-state index < -0.39 is 10.8 Å². The molecular formula is C23H20FN3O5. The maximum atomic E-state index is 13.7. The van der Waals surface area contributed by atoms with E-state index in [9.17, 15) is 19.3 Å². The van der Waals surface area contributed by atoms with Gasteiger partial charge < -0.3 is 9.47 Å². The molecule has 1 N–H and O–H groups in total. The van der Waals surface area contributed by atoms with E-state index >= 15 is 0 Å². The van der Waals surface area contributed by atoms with Gasteiger partial charge in [-0.15, -0.1) is 0 Å². The van der Waals surface area contributed by atoms with Crippen LogP contribution >= 0.6 is 0 Å². The summed E-state index contributed by atoms with van der Waals surface area (Å²) < 4.78 is 24.7. The van der Waals surface area contributed by atoms with Crippen LogP contribution in [0.2, 0.25) is 0 Å². The van der Waals surface area contributed by atoms with Crippen LogP contribution < -0.4 is 14.9 Å². The van der Waals surface area contributed by atoms with E-state index in [4.69, 9.17) is 9.47 Å². The summed E-state index contributed by atoms with van der Waals surface area (Å²) in [7, 11) is 1.47. The molecule has 0 fully saturated rings. The SMILES string of the molecule is COc1cc(/C=N/NC(=O)Cc2ccccc2[N+](=O)[O-])ccc1OCc1ccccc1F. The predicted molar refractivity (Wildman–Crippen MR) is 116 cm³/mol. The molecule has 3 rings (SSSR count). The number of carbonyl (C=O) groups is 1. The van der Waals surface area contributed by atoms with Gasteiger partial charge in [-0.3, -0.25) is 14.9 Å². The van der Waals surface area contributed by atoms with Crippen LogP contribution in [-0.2, 0) is 17.8 Å². The molecule has 0 spiro atoms. The van der Waals surface area contributed by atoms with Crippen molar-refractivity contribution in [3.63, 3.8) is 0 Å². The summed E-state index contributed by atoms with van der Waals surface area (Å²) in [6, 6.07) is 17.3. The van der Waals surface area contributed by atoms with Gasteiger partial charge in [-0.05, 0) is 29.8 Å². The van der Waals surface area contributed by atoms with Gasteiger partial charge in [0.1, 0.15) is 12.4 Å². The zero-order valence-electron chi connectivity index (χ0n) is 17.2. The highest BCUT2D eigenvalue weighted by atomic mass is 19.1. The van der Waals surface area contributed by atoms with E-state index in [0.29, 0.717) is 28.2 Å². The quantitative estimate of drug-likeness (QED) is 0.309. The Morgan fingerprint density at radius 2 is 1.81 bits per heavy atom. The summed E-state index contributed by atoms with van der Waals surface area (Å²) >= 11 is 0. The molecule has 8 nitrogen and oxygen atoms in total. The Morgan fingerprint density at radius 1 is 1.09 bits per heavy atom. The first-order chi connectivity index (χ1) is 15.5. The number of hydrogen-bond donors (Lipinski definition) is 1. The second kappa shape index (κ2) is 10.7. The van der Waals surface area contributed by atoms with Crippen LogP contribution in [0.1, 0.15) is 16.7 Å². The first kappa shape index (κ1) is 22.4. The van der Waals surface area contributed by atoms with Crippen molar-refractivity contribution in [1.29, 1.82) is 0 Å². The molecule has 0 unspecified atom stereocenters. The molecule has 3 aromatic carbocycles. The van der Waals surface area contributed by atoms with Crippen molar-refractivity contribution in [2.24, 2.45) is 5.10 Å². The zero-order chi connectivity index (χ0) is 22.9. The Kier molecular flexibility index (Phi) is 7.47. The van der Waals surface area contributed by atoms with E-state index in [1.165, 1.54) is 37.6 Å². The summed E-state index contributed by atoms with van der Waals surface area (Å²) in [5, 5.41) is 14.9. The number of benzene rings is 3. The second-order valence-corrected chi connectivity index (χ2v) is 6.65. The molecule has 0 aliphatic carbocycles. The van der Waals surface area contributed by atoms with Crippen molar-refractivity contribution in [2.75, 3.05) is 7.11 Å². The van der Waals surface area contributed by atoms with Gasteiger partial charge in [-0.2, -0.15) is 5.10 Å². The lowest BCUT2D eigenvalue weighted by Crippen LogP contribution is -2.20. The van der Waals surface area contributed by atoms with Crippen LogP contribution in [0.3, 0.4) is 0 Å². The number of para-hydroxylation sites is 1. The standard InChI is InChI=1S/C23H20FN3O5/c1-31-22-12-16(10-11-21(22)32-15-18-7-2-4-8-19(18)24)14-25-26-23(28)13-17-6-3-5-9-20(17)27(29)30/h2-12,14H,13,15H2,1H3,(H,26,28)/b25-14+. The molecule has 0 heterocycles. The number of hydrogen-bond acceptors (Lipinski definition) is 6. The number of carbonyl (C=O) groups excluding carboxylic acids is 1. The number of hydrazone groups is 1. The molecule has 0 atom stereocenters. The number of nitro groups is 1. The Labute approximate surface area is 183 Å². The molecular weight excluding hydrogens is 417 g/mol. The van der Waals surface area contributed by atoms with Crippen LogP contribution in [0.4, 0.5) is 10.1 Å². The smallest absolute Gasteiger partial charge is 0.273 e. The Hall–Kier alpha value is -4.27. The average molecular weight is 437 g/mol. The summed E-state index contributed by atoms with van der Waals surface area (Å²) in [6.45, 7) is 0.0398. The van der Waals surface area contributed by atoms with Crippen molar-refractivity contribution in [3.05, 3.63) is 99.4 Å². The molecule has 0 bridgehead atoms. The lowest BCUT2D eigenvalue weighted by molar-refractivity contribution is -0.385. The molecule has 9 heteroatoms. The first-order valence-electron chi connectivity index (χ1n) is 9.56. The minimum atomic E-state index is -0.534. The molecule has 0 radical (unpaired) electrons. The molecule has 0 aliphatic rings. The summed E-state index contributed by atoms with van der Waals surface area (Å²) in [5.74, 6) is -0.0102. The summed E-state index contributed by atoms with van der Waals surface area (Å²) in [4.78, 5) is 22.6. The summed E-state index contributed by atoms with van der Waals surface area (Å²) in [6.07, 6.45) is 1.22. The van der Waals surface area contributed by atoms with Gasteiger partial charge in [0.05, 0.1) is 24.7 Å². The van der Waals surface area contributed by atoms with E-state index in [2.05, 4.69) is 10.5 Å². The van der Waals surface area contributed by atoms with E-state index in [1.807, 2.05) is 0 Å². The maximum absolute atomic E-state index is 13.7. The molecule has 3 aromatic rings. The van der Waals surface area contributed by atoms with E-state index in [-0.39, 0.29) is 24.5 Å². The molecule has 0 saturated heterocycles. The molecule has 1 amide bonds. The van der Waals surface area contributed by atoms with Gasteiger partial charge in [0, 0.05) is 17.2 Å². The zero-order valence-corrected chi connectivity index (χ0v) is 17.2. The predicted octanol–water partition coefficient (Wildman–Crippen LogP) is 4.01. The number of halogens is 1. The van der Waals surface area contributed by atoms with Crippen LogP contribution in [0.5, 0.6) is 11.5 Å². The highest BCUT2D eigenvalue weighted by Gasteiger charge is 2.15. The van der Waals surface area contributed by atoms with Gasteiger partial charge >= 0.3 is 0 Å². The van der Waals surface area contributed by atoms with Crippen molar-refractivity contribution in [1.82, 2.24) is 5.43 Å². The number of nitro benzene ring substituents is 1. The number of nitrogens with zero attached hydrogens (tertiary/aromatic N) is 2. The lowest BCUT2D eigenvalue weighted by atomic mass is 10.1. The lowest BCUT2D eigenvalue weighted by Gasteiger charge is -2.11. The highest BCUT2D eigenvalue weighted by Crippen LogP contribution is 2.28. The van der Waals surface area contributed by atoms with Crippen LogP contribution in [0, 0.1) is 15.9 Å². The third-order valence-electron chi connectivity index (χ3n) is 4.47. The summed E-state index contributed by atoms with van der Waals surface area (Å²) in [5.41, 5.74) is 3.55. The fourth-order valence-electron chi connectivity index (χ4n) is 2.88. The van der Waals surface area contributed by atoms with Gasteiger partial charge in [-0.25, -0.2) is 9.82 Å². The van der Waals surface area contributed by atoms with Gasteiger partial charge in [0.15, 0.2) is 11.5 Å². The minimum absolute atomic E-state index is 0.0398. The van der Waals surface area contributed by atoms with E-state index in [0.717, 1.165) is 0 Å². The monoisotopic (exact) mass is 437 g/mol. The van der Waals surface area contributed by atoms with E-state index in [1.54, 1.807) is 42.5 Å².